The number of likely N-dealkylation sites (tertiary alicyclic amines) is 1. The fourth-order valence-corrected chi connectivity index (χ4v) is 3.95. The Kier molecular flexibility index (Phi) is 6.46. The maximum Gasteiger partial charge on any atom is 0.246 e. The van der Waals surface area contributed by atoms with Crippen molar-refractivity contribution in [3.63, 3.8) is 0 Å². The van der Waals surface area contributed by atoms with Gasteiger partial charge >= 0.3 is 0 Å². The summed E-state index contributed by atoms with van der Waals surface area (Å²) in [5.74, 6) is 2.74. The number of hydrogen-bond donors (Lipinski definition) is 0. The Labute approximate surface area is 185 Å². The first-order chi connectivity index (χ1) is 15.0. The van der Waals surface area contributed by atoms with Gasteiger partial charge in [0.15, 0.2) is 0 Å². The molecule has 9 heteroatoms. The highest BCUT2D eigenvalue weighted by molar-refractivity contribution is 6.30. The number of halogens is 1. The third kappa shape index (κ3) is 5.58. The Hall–Kier alpha value is -3.00. The Balaban J connectivity index is 1.36. The van der Waals surface area contributed by atoms with Crippen molar-refractivity contribution in [2.24, 2.45) is 5.92 Å². The highest BCUT2D eigenvalue weighted by Gasteiger charge is 2.23. The summed E-state index contributed by atoms with van der Waals surface area (Å²) in [7, 11) is 0. The Morgan fingerprint density at radius 2 is 1.77 bits per heavy atom. The van der Waals surface area contributed by atoms with Gasteiger partial charge in [0.1, 0.15) is 0 Å². The Bertz CT molecular complexity index is 1080. The topological polar surface area (TPSA) is 98.2 Å². The number of hydrogen-bond acceptors (Lipinski definition) is 7. The van der Waals surface area contributed by atoms with E-state index in [0.717, 1.165) is 43.5 Å². The highest BCUT2D eigenvalue weighted by Crippen LogP contribution is 2.23. The molecule has 162 valence electrons. The van der Waals surface area contributed by atoms with E-state index in [0.29, 0.717) is 40.9 Å². The fourth-order valence-electron chi connectivity index (χ4n) is 3.75. The van der Waals surface area contributed by atoms with Crippen LogP contribution in [0.25, 0.3) is 6.08 Å². The summed E-state index contributed by atoms with van der Waals surface area (Å²) < 4.78 is 11.0. The van der Waals surface area contributed by atoms with Gasteiger partial charge in [-0.25, -0.2) is 0 Å². The van der Waals surface area contributed by atoms with E-state index in [-0.39, 0.29) is 5.91 Å². The van der Waals surface area contributed by atoms with Crippen molar-refractivity contribution < 1.29 is 13.6 Å². The van der Waals surface area contributed by atoms with E-state index in [2.05, 4.69) is 20.4 Å². The molecule has 0 N–H and O–H groups in total. The van der Waals surface area contributed by atoms with E-state index >= 15 is 0 Å². The van der Waals surface area contributed by atoms with Gasteiger partial charge in [-0.15, -0.1) is 20.4 Å². The maximum atomic E-state index is 12.7. The normalized spacial score (nSPS) is 15.1. The second kappa shape index (κ2) is 9.43. The number of aryl methyl sites for hydroxylation is 2. The lowest BCUT2D eigenvalue weighted by Crippen LogP contribution is -2.38. The van der Waals surface area contributed by atoms with Crippen molar-refractivity contribution in [1.29, 1.82) is 0 Å². The van der Waals surface area contributed by atoms with E-state index < -0.39 is 0 Å². The van der Waals surface area contributed by atoms with Gasteiger partial charge in [0.2, 0.25) is 29.5 Å². The van der Waals surface area contributed by atoms with Crippen LogP contribution in [0.5, 0.6) is 0 Å². The fraction of sp³-hybridized carbons (Fsp3) is 0.409. The molecular formula is C22H24ClN5O3. The average molecular weight is 442 g/mol. The smallest absolute Gasteiger partial charge is 0.246 e. The van der Waals surface area contributed by atoms with Crippen LogP contribution in [0.15, 0.2) is 33.1 Å². The van der Waals surface area contributed by atoms with Crippen molar-refractivity contribution in [2.75, 3.05) is 13.1 Å². The van der Waals surface area contributed by atoms with Crippen LogP contribution >= 0.6 is 11.6 Å². The van der Waals surface area contributed by atoms with E-state index in [9.17, 15) is 4.79 Å². The summed E-state index contributed by atoms with van der Waals surface area (Å²) in [5.41, 5.74) is 1.82. The van der Waals surface area contributed by atoms with Gasteiger partial charge in [-0.1, -0.05) is 17.7 Å². The van der Waals surface area contributed by atoms with Crippen LogP contribution < -0.4 is 0 Å². The van der Waals surface area contributed by atoms with Gasteiger partial charge < -0.3 is 13.7 Å². The molecular weight excluding hydrogens is 418 g/mol. The number of aromatic nitrogens is 4. The number of nitrogens with zero attached hydrogens (tertiary/aromatic N) is 5. The summed E-state index contributed by atoms with van der Waals surface area (Å²) in [6.45, 7) is 4.98. The number of benzene rings is 1. The summed E-state index contributed by atoms with van der Waals surface area (Å²) in [5, 5.41) is 16.5. The molecule has 1 fully saturated rings. The zero-order valence-corrected chi connectivity index (χ0v) is 18.3. The Morgan fingerprint density at radius 3 is 2.42 bits per heavy atom. The molecule has 1 aromatic carbocycles. The van der Waals surface area contributed by atoms with Gasteiger partial charge in [-0.3, -0.25) is 4.79 Å². The van der Waals surface area contributed by atoms with Crippen molar-refractivity contribution >= 4 is 23.6 Å². The molecule has 1 saturated heterocycles. The molecule has 3 heterocycles. The predicted octanol–water partition coefficient (Wildman–Crippen LogP) is 3.81. The van der Waals surface area contributed by atoms with Gasteiger partial charge in [-0.05, 0) is 48.1 Å². The molecule has 1 amide bonds. The number of carbonyl (C=O) groups is 1. The second-order valence-corrected chi connectivity index (χ2v) is 8.19. The van der Waals surface area contributed by atoms with Gasteiger partial charge in [-0.2, -0.15) is 0 Å². The molecule has 31 heavy (non-hydrogen) atoms. The van der Waals surface area contributed by atoms with Crippen molar-refractivity contribution in [3.8, 4) is 0 Å². The van der Waals surface area contributed by atoms with Crippen LogP contribution in [-0.4, -0.2) is 44.3 Å². The van der Waals surface area contributed by atoms with Gasteiger partial charge in [0.25, 0.3) is 0 Å². The quantitative estimate of drug-likeness (QED) is 0.536. The van der Waals surface area contributed by atoms with Crippen molar-refractivity contribution in [1.82, 2.24) is 25.3 Å². The van der Waals surface area contributed by atoms with E-state index in [1.807, 2.05) is 23.1 Å². The minimum Gasteiger partial charge on any atom is -0.426 e. The molecule has 0 bridgehead atoms. The van der Waals surface area contributed by atoms with Crippen LogP contribution in [0.3, 0.4) is 0 Å². The molecule has 1 aliphatic rings. The molecule has 8 nitrogen and oxygen atoms in total. The van der Waals surface area contributed by atoms with E-state index in [1.165, 1.54) is 0 Å². The molecule has 0 unspecified atom stereocenters. The number of carbonyl (C=O) groups excluding carboxylic acids is 1. The number of amides is 1. The van der Waals surface area contributed by atoms with Crippen LogP contribution in [-0.2, 0) is 17.6 Å². The average Bonchev–Trinajstić information content (AvgIpc) is 3.35. The molecule has 0 aliphatic carbocycles. The summed E-state index contributed by atoms with van der Waals surface area (Å²) in [6.07, 6.45) is 6.50. The molecule has 0 radical (unpaired) electrons. The minimum atomic E-state index is 0.00150. The molecule has 4 rings (SSSR count). The van der Waals surface area contributed by atoms with Crippen LogP contribution in [0, 0.1) is 19.8 Å². The molecule has 1 aliphatic heterocycles. The first kappa shape index (κ1) is 21.2. The summed E-state index contributed by atoms with van der Waals surface area (Å²) >= 11 is 6.16. The SMILES string of the molecule is Cc1nnc(Cc2cc(Cl)ccc2/C=C/C(=O)N2CCC(Cc3nnc(C)o3)CC2)o1. The van der Waals surface area contributed by atoms with Gasteiger partial charge in [0, 0.05) is 44.5 Å². The highest BCUT2D eigenvalue weighted by atomic mass is 35.5. The van der Waals surface area contributed by atoms with Gasteiger partial charge in [0.05, 0.1) is 6.42 Å². The lowest BCUT2D eigenvalue weighted by atomic mass is 9.93. The number of piperidine rings is 1. The van der Waals surface area contributed by atoms with Crippen LogP contribution in [0.2, 0.25) is 5.02 Å². The zero-order chi connectivity index (χ0) is 21.8. The van der Waals surface area contributed by atoms with Crippen molar-refractivity contribution in [3.05, 3.63) is 64.0 Å². The predicted molar refractivity (Wildman–Crippen MR) is 114 cm³/mol. The molecule has 0 saturated carbocycles. The molecule has 0 spiro atoms. The van der Waals surface area contributed by atoms with E-state index in [1.54, 1.807) is 26.0 Å². The standard InChI is InChI=1S/C22H24ClN5O3/c1-14-24-26-20(30-14)11-16-7-9-28(10-8-16)22(29)6-4-17-3-5-19(23)12-18(17)13-21-27-25-15(2)31-21/h3-6,12,16H,7-11,13H2,1-2H3/b6-4+. The van der Waals surface area contributed by atoms with Crippen LogP contribution in [0.1, 0.15) is 47.5 Å². The third-order valence-corrected chi connectivity index (χ3v) is 5.61. The first-order valence-corrected chi connectivity index (χ1v) is 10.7. The lowest BCUT2D eigenvalue weighted by molar-refractivity contribution is -0.127. The Morgan fingerprint density at radius 1 is 1.10 bits per heavy atom. The molecule has 2 aromatic heterocycles. The molecule has 3 aromatic rings. The van der Waals surface area contributed by atoms with Crippen molar-refractivity contribution in [2.45, 2.75) is 39.5 Å². The van der Waals surface area contributed by atoms with Crippen LogP contribution in [0.4, 0.5) is 0 Å². The van der Waals surface area contributed by atoms with E-state index in [4.69, 9.17) is 20.4 Å². The monoisotopic (exact) mass is 441 g/mol. The zero-order valence-electron chi connectivity index (χ0n) is 17.5. The third-order valence-electron chi connectivity index (χ3n) is 5.38. The molecule has 0 atom stereocenters. The second-order valence-electron chi connectivity index (χ2n) is 7.76. The largest absolute Gasteiger partial charge is 0.426 e. The minimum absolute atomic E-state index is 0.00150. The first-order valence-electron chi connectivity index (χ1n) is 10.3. The summed E-state index contributed by atoms with van der Waals surface area (Å²) in [4.78, 5) is 14.6. The summed E-state index contributed by atoms with van der Waals surface area (Å²) in [6, 6.07) is 5.55. The maximum absolute atomic E-state index is 12.7. The lowest BCUT2D eigenvalue weighted by Gasteiger charge is -2.30. The number of rotatable bonds is 6.